The van der Waals surface area contributed by atoms with E-state index in [2.05, 4.69) is 4.98 Å². The molecule has 0 amide bonds. The Kier molecular flexibility index (Phi) is 5.02. The molecule has 3 aromatic carbocycles. The van der Waals surface area contributed by atoms with Crippen molar-refractivity contribution in [3.63, 3.8) is 0 Å². The minimum Gasteiger partial charge on any atom is -0.487 e. The van der Waals surface area contributed by atoms with Gasteiger partial charge in [0.25, 0.3) is 0 Å². The first kappa shape index (κ1) is 17.7. The average molecular weight is 369 g/mol. The normalized spacial score (nSPS) is 11.2. The van der Waals surface area contributed by atoms with Crippen molar-refractivity contribution in [2.75, 3.05) is 0 Å². The lowest BCUT2D eigenvalue weighted by atomic mass is 10.1. The molecule has 0 atom stereocenters. The minimum absolute atomic E-state index is 0.341. The summed E-state index contributed by atoms with van der Waals surface area (Å²) in [4.78, 5) is 15.0. The number of hydrogen-bond donors (Lipinski definition) is 0. The number of aldehydes is 1. The molecule has 4 nitrogen and oxygen atoms in total. The highest BCUT2D eigenvalue weighted by Crippen LogP contribution is 2.25. The Morgan fingerprint density at radius 3 is 2.61 bits per heavy atom. The zero-order chi connectivity index (χ0) is 19.3. The van der Waals surface area contributed by atoms with Crippen molar-refractivity contribution >= 4 is 23.1 Å². The lowest BCUT2D eigenvalue weighted by Gasteiger charge is -2.07. The van der Waals surface area contributed by atoms with Crippen LogP contribution in [0.4, 0.5) is 0 Å². The van der Waals surface area contributed by atoms with Crippen LogP contribution in [0.15, 0.2) is 77.2 Å². The molecule has 4 heteroatoms. The molecule has 0 fully saturated rings. The smallest absolute Gasteiger partial charge is 0.226 e. The van der Waals surface area contributed by atoms with Gasteiger partial charge in [-0.3, -0.25) is 4.79 Å². The van der Waals surface area contributed by atoms with Crippen LogP contribution in [0.1, 0.15) is 17.0 Å². The fourth-order valence-corrected chi connectivity index (χ4v) is 3.00. The molecule has 0 saturated heterocycles. The molecular formula is C24H19NO3. The second-order valence-corrected chi connectivity index (χ2v) is 6.44. The van der Waals surface area contributed by atoms with Crippen molar-refractivity contribution in [3.05, 3.63) is 89.8 Å². The largest absolute Gasteiger partial charge is 0.487 e. The molecule has 0 N–H and O–H groups in total. The lowest BCUT2D eigenvalue weighted by molar-refractivity contribution is -0.104. The summed E-state index contributed by atoms with van der Waals surface area (Å²) in [6.07, 6.45) is 4.05. The Morgan fingerprint density at radius 2 is 1.79 bits per heavy atom. The van der Waals surface area contributed by atoms with Crippen molar-refractivity contribution < 1.29 is 13.9 Å². The molecule has 0 spiro atoms. The molecule has 0 radical (unpaired) electrons. The second-order valence-electron chi connectivity index (χ2n) is 6.44. The summed E-state index contributed by atoms with van der Waals surface area (Å²) in [5, 5.41) is 2.16. The van der Waals surface area contributed by atoms with Crippen LogP contribution in [0.2, 0.25) is 0 Å². The van der Waals surface area contributed by atoms with E-state index in [1.807, 2.05) is 73.7 Å². The highest BCUT2D eigenvalue weighted by atomic mass is 16.5. The molecule has 1 heterocycles. The fraction of sp³-hybridized carbons (Fsp3) is 0.0833. The maximum absolute atomic E-state index is 10.5. The Labute approximate surface area is 163 Å². The van der Waals surface area contributed by atoms with Crippen LogP contribution < -0.4 is 4.74 Å². The molecule has 138 valence electrons. The molecule has 28 heavy (non-hydrogen) atoms. The maximum atomic E-state index is 10.5. The molecule has 0 aliphatic carbocycles. The van der Waals surface area contributed by atoms with Gasteiger partial charge in [0.05, 0.1) is 0 Å². The molecule has 0 unspecified atom stereocenters. The van der Waals surface area contributed by atoms with Crippen LogP contribution in [0.5, 0.6) is 5.75 Å². The van der Waals surface area contributed by atoms with Gasteiger partial charge >= 0.3 is 0 Å². The standard InChI is InChI=1S/C24H19NO3/c1-17-23(25-24(28-17)19-7-3-2-4-8-19)16-27-22-12-11-20-14-18(6-5-13-26)9-10-21(20)15-22/h2-15H,16H2,1H3/b6-5+. The van der Waals surface area contributed by atoms with Gasteiger partial charge in [0.2, 0.25) is 5.89 Å². The van der Waals surface area contributed by atoms with E-state index >= 15 is 0 Å². The zero-order valence-electron chi connectivity index (χ0n) is 15.5. The molecule has 0 saturated carbocycles. The van der Waals surface area contributed by atoms with Gasteiger partial charge in [-0.1, -0.05) is 42.5 Å². The van der Waals surface area contributed by atoms with Crippen LogP contribution in [-0.2, 0) is 11.4 Å². The number of carbonyl (C=O) groups excluding carboxylic acids is 1. The predicted octanol–water partition coefficient (Wildman–Crippen LogP) is 5.59. The first-order valence-corrected chi connectivity index (χ1v) is 9.03. The SMILES string of the molecule is Cc1oc(-c2ccccc2)nc1COc1ccc2cc(/C=C/C=O)ccc2c1. The summed E-state index contributed by atoms with van der Waals surface area (Å²) in [5.41, 5.74) is 2.72. The van der Waals surface area contributed by atoms with Gasteiger partial charge in [-0.15, -0.1) is 0 Å². The van der Waals surface area contributed by atoms with Crippen LogP contribution in [0, 0.1) is 6.92 Å². The Hall–Kier alpha value is -3.66. The zero-order valence-corrected chi connectivity index (χ0v) is 15.5. The Balaban J connectivity index is 1.50. The number of benzene rings is 3. The third-order valence-corrected chi connectivity index (χ3v) is 4.49. The van der Waals surface area contributed by atoms with E-state index in [0.717, 1.165) is 45.4 Å². The third kappa shape index (κ3) is 3.86. The molecule has 1 aromatic heterocycles. The van der Waals surface area contributed by atoms with Crippen molar-refractivity contribution in [2.24, 2.45) is 0 Å². The van der Waals surface area contributed by atoms with Gasteiger partial charge in [0.15, 0.2) is 0 Å². The molecule has 0 aliphatic heterocycles. The fourth-order valence-electron chi connectivity index (χ4n) is 3.00. The van der Waals surface area contributed by atoms with E-state index in [1.165, 1.54) is 6.08 Å². The molecule has 0 aliphatic rings. The average Bonchev–Trinajstić information content (AvgIpc) is 3.11. The summed E-state index contributed by atoms with van der Waals surface area (Å²) < 4.78 is 11.7. The Morgan fingerprint density at radius 1 is 1.00 bits per heavy atom. The van der Waals surface area contributed by atoms with Gasteiger partial charge in [-0.25, -0.2) is 4.98 Å². The van der Waals surface area contributed by atoms with Gasteiger partial charge in [0, 0.05) is 5.56 Å². The highest BCUT2D eigenvalue weighted by molar-refractivity contribution is 5.87. The monoisotopic (exact) mass is 369 g/mol. The minimum atomic E-state index is 0.341. The second kappa shape index (κ2) is 7.92. The van der Waals surface area contributed by atoms with E-state index < -0.39 is 0 Å². The van der Waals surface area contributed by atoms with E-state index in [4.69, 9.17) is 9.15 Å². The highest BCUT2D eigenvalue weighted by Gasteiger charge is 2.12. The topological polar surface area (TPSA) is 52.3 Å². The summed E-state index contributed by atoms with van der Waals surface area (Å²) in [5.74, 6) is 2.13. The van der Waals surface area contributed by atoms with E-state index in [9.17, 15) is 4.79 Å². The third-order valence-electron chi connectivity index (χ3n) is 4.49. The number of allylic oxidation sites excluding steroid dienone is 1. The van der Waals surface area contributed by atoms with E-state index in [1.54, 1.807) is 6.08 Å². The van der Waals surface area contributed by atoms with Gasteiger partial charge in [-0.05, 0) is 59.7 Å². The molecule has 4 rings (SSSR count). The van der Waals surface area contributed by atoms with Crippen LogP contribution in [0.25, 0.3) is 28.3 Å². The van der Waals surface area contributed by atoms with Gasteiger partial charge in [0.1, 0.15) is 30.1 Å². The van der Waals surface area contributed by atoms with Crippen LogP contribution >= 0.6 is 0 Å². The number of hydrogen-bond acceptors (Lipinski definition) is 4. The summed E-state index contributed by atoms with van der Waals surface area (Å²) >= 11 is 0. The van der Waals surface area contributed by atoms with Gasteiger partial charge in [-0.2, -0.15) is 0 Å². The number of carbonyl (C=O) groups is 1. The number of nitrogens with zero attached hydrogens (tertiary/aromatic N) is 1. The number of aromatic nitrogens is 1. The molecular weight excluding hydrogens is 350 g/mol. The predicted molar refractivity (Wildman–Crippen MR) is 110 cm³/mol. The van der Waals surface area contributed by atoms with Crippen molar-refractivity contribution in [2.45, 2.75) is 13.5 Å². The molecule has 0 bridgehead atoms. The number of rotatable bonds is 6. The first-order chi connectivity index (χ1) is 13.7. The van der Waals surface area contributed by atoms with Crippen LogP contribution in [-0.4, -0.2) is 11.3 Å². The summed E-state index contributed by atoms with van der Waals surface area (Å²) in [7, 11) is 0. The van der Waals surface area contributed by atoms with Crippen LogP contribution in [0.3, 0.4) is 0 Å². The number of oxazole rings is 1. The van der Waals surface area contributed by atoms with Crippen molar-refractivity contribution in [1.82, 2.24) is 4.98 Å². The van der Waals surface area contributed by atoms with Gasteiger partial charge < -0.3 is 9.15 Å². The van der Waals surface area contributed by atoms with Crippen molar-refractivity contribution in [3.8, 4) is 17.2 Å². The number of ether oxygens (including phenoxy) is 1. The van der Waals surface area contributed by atoms with E-state index in [0.29, 0.717) is 12.5 Å². The Bertz CT molecular complexity index is 1140. The quantitative estimate of drug-likeness (QED) is 0.328. The maximum Gasteiger partial charge on any atom is 0.226 e. The summed E-state index contributed by atoms with van der Waals surface area (Å²) in [6, 6.07) is 21.8. The summed E-state index contributed by atoms with van der Waals surface area (Å²) in [6.45, 7) is 2.24. The number of fused-ring (bicyclic) bond motifs is 1. The van der Waals surface area contributed by atoms with E-state index in [-0.39, 0.29) is 0 Å². The molecule has 4 aromatic rings. The number of aryl methyl sites for hydroxylation is 1. The van der Waals surface area contributed by atoms with Crippen molar-refractivity contribution in [1.29, 1.82) is 0 Å². The lowest BCUT2D eigenvalue weighted by Crippen LogP contribution is -1.97. The first-order valence-electron chi connectivity index (χ1n) is 9.03.